The molecule has 1 aliphatic carbocycles. The van der Waals surface area contributed by atoms with Gasteiger partial charge in [-0.1, -0.05) is 18.2 Å². The molecule has 16 nitrogen and oxygen atoms in total. The monoisotopic (exact) mass is 856 g/mol. The highest BCUT2D eigenvalue weighted by atomic mass is 19.3. The number of halogens is 2. The lowest BCUT2D eigenvalue weighted by Gasteiger charge is -2.36. The summed E-state index contributed by atoms with van der Waals surface area (Å²) in [5.74, 6) is -1.39. The molecule has 3 N–H and O–H groups in total. The van der Waals surface area contributed by atoms with E-state index in [1.54, 1.807) is 28.9 Å². The van der Waals surface area contributed by atoms with Crippen molar-refractivity contribution in [3.8, 4) is 0 Å². The molecule has 3 aromatic heterocycles. The number of imide groups is 1. The molecule has 9 rings (SSSR count). The van der Waals surface area contributed by atoms with E-state index in [1.165, 1.54) is 16.9 Å². The minimum atomic E-state index is -2.87. The Kier molecular flexibility index (Phi) is 12.1. The Morgan fingerprint density at radius 3 is 2.58 bits per heavy atom. The van der Waals surface area contributed by atoms with Crippen molar-refractivity contribution in [2.45, 2.75) is 101 Å². The second-order valence-electron chi connectivity index (χ2n) is 17.6. The van der Waals surface area contributed by atoms with E-state index in [9.17, 15) is 33.1 Å². The number of ether oxygens (including phenoxy) is 1. The van der Waals surface area contributed by atoms with Crippen molar-refractivity contribution >= 4 is 46.5 Å². The summed E-state index contributed by atoms with van der Waals surface area (Å²) in [5, 5.41) is 23.5. The van der Waals surface area contributed by atoms with E-state index >= 15 is 0 Å². The molecule has 4 amide bonds. The number of aromatic nitrogens is 5. The number of nitrogens with one attached hydrogen (secondary N) is 2. The van der Waals surface area contributed by atoms with Gasteiger partial charge in [0, 0.05) is 65.2 Å². The molecule has 5 aliphatic rings. The summed E-state index contributed by atoms with van der Waals surface area (Å²) in [6.45, 7) is 4.59. The van der Waals surface area contributed by atoms with Crippen LogP contribution in [0.3, 0.4) is 0 Å². The first-order valence-corrected chi connectivity index (χ1v) is 22.0. The molecule has 3 saturated heterocycles. The average Bonchev–Trinajstić information content (AvgIpc) is 4.06. The van der Waals surface area contributed by atoms with Crippen molar-refractivity contribution < 1.29 is 37.8 Å². The third-order valence-electron chi connectivity index (χ3n) is 13.6. The van der Waals surface area contributed by atoms with Crippen LogP contribution in [0.4, 0.5) is 26.0 Å². The number of benzene rings is 1. The lowest BCUT2D eigenvalue weighted by Crippen LogP contribution is -2.44. The summed E-state index contributed by atoms with van der Waals surface area (Å²) in [6.07, 6.45) is 9.67. The first-order valence-electron chi connectivity index (χ1n) is 22.0. The number of likely N-dealkylation sites (N-methyl/N-ethyl adjacent to an activating group) is 1. The maximum Gasteiger partial charge on any atom is 0.284 e. The second-order valence-corrected chi connectivity index (χ2v) is 17.6. The lowest BCUT2D eigenvalue weighted by atomic mass is 9.81. The minimum absolute atomic E-state index is 0.0248. The van der Waals surface area contributed by atoms with Gasteiger partial charge < -0.3 is 29.9 Å². The number of piperidine rings is 2. The Morgan fingerprint density at radius 1 is 1.03 bits per heavy atom. The lowest BCUT2D eigenvalue weighted by molar-refractivity contribution is -0.139. The fraction of sp³-hybridized carbons (Fsp3) is 0.568. The highest BCUT2D eigenvalue weighted by Crippen LogP contribution is 2.45. The summed E-state index contributed by atoms with van der Waals surface area (Å²) in [4.78, 5) is 61.9. The van der Waals surface area contributed by atoms with Gasteiger partial charge in [-0.05, 0) is 87.3 Å². The number of anilines is 3. The fourth-order valence-electron chi connectivity index (χ4n) is 10.3. The molecule has 4 fully saturated rings. The molecule has 1 saturated carbocycles. The number of hydrogen-bond acceptors (Lipinski definition) is 11. The molecule has 0 spiro atoms. The van der Waals surface area contributed by atoms with Gasteiger partial charge in [0.15, 0.2) is 11.3 Å². The highest BCUT2D eigenvalue weighted by molar-refractivity contribution is 6.10. The predicted octanol–water partition coefficient (Wildman–Crippen LogP) is 4.64. The van der Waals surface area contributed by atoms with E-state index in [4.69, 9.17) is 4.74 Å². The van der Waals surface area contributed by atoms with Gasteiger partial charge in [0.2, 0.25) is 17.7 Å². The maximum absolute atomic E-state index is 14.2. The van der Waals surface area contributed by atoms with Gasteiger partial charge in [-0.25, -0.2) is 18.3 Å². The molecule has 3 atom stereocenters. The maximum atomic E-state index is 14.2. The zero-order chi connectivity index (χ0) is 43.1. The average molecular weight is 857 g/mol. The van der Waals surface area contributed by atoms with E-state index in [0.717, 1.165) is 87.8 Å². The SMILES string of the molecule is CN1C(=O)C(C2CCC(=O)NC2=O)c2cccc(CCCOC3CCN(CC4CCC(n5cc(NC(=O)c6cnn7ccc(N8CC[C@H](O)C8)nc67)c(C(F)F)n5)CC4)CC3)c21. The van der Waals surface area contributed by atoms with E-state index in [0.29, 0.717) is 49.9 Å². The van der Waals surface area contributed by atoms with Crippen LogP contribution in [0.5, 0.6) is 0 Å². The number of amides is 4. The highest BCUT2D eigenvalue weighted by Gasteiger charge is 2.45. The Morgan fingerprint density at radius 2 is 1.84 bits per heavy atom. The standard InChI is InChI=1S/C44H54F2N10O6/c1-52-39-27(4-2-6-31(39)37(44(52)61)32-11-12-36(58)50-42(32)59)5-3-21-62-30-14-17-53(18-15-30)23-26-7-9-28(10-8-26)56-25-34(38(51-56)40(45)46)48-43(60)33-22-47-55-20-16-35(49-41(33)55)54-19-13-29(57)24-54/h2,4,6,16,20,22,25-26,28-30,32,37,40,57H,3,5,7-15,17-19,21,23-24H2,1H3,(H,48,60)(H,50,58,59)/t26?,28?,29-,32?,37?/m0/s1. The molecule has 4 aliphatic heterocycles. The number of para-hydroxylation sites is 1. The van der Waals surface area contributed by atoms with Crippen molar-refractivity contribution in [1.82, 2.24) is 34.6 Å². The van der Waals surface area contributed by atoms with Crippen LogP contribution in [-0.4, -0.2) is 117 Å². The number of carbonyl (C=O) groups excluding carboxylic acids is 4. The summed E-state index contributed by atoms with van der Waals surface area (Å²) < 4.78 is 37.9. The van der Waals surface area contributed by atoms with Gasteiger partial charge >= 0.3 is 0 Å². The number of β-amino-alcohol motifs (C(OH)–C–C–N with tert-alkyl or cyclic N) is 1. The van der Waals surface area contributed by atoms with Gasteiger partial charge in [0.25, 0.3) is 12.3 Å². The number of alkyl halides is 2. The van der Waals surface area contributed by atoms with Crippen molar-refractivity contribution in [2.24, 2.45) is 11.8 Å². The molecule has 1 aromatic carbocycles. The molecule has 62 heavy (non-hydrogen) atoms. The van der Waals surface area contributed by atoms with Crippen molar-refractivity contribution in [2.75, 3.05) is 61.5 Å². The largest absolute Gasteiger partial charge is 0.391 e. The van der Waals surface area contributed by atoms with Crippen LogP contribution in [0, 0.1) is 11.8 Å². The van der Waals surface area contributed by atoms with Crippen molar-refractivity contribution in [3.63, 3.8) is 0 Å². The van der Waals surface area contributed by atoms with Gasteiger partial charge in [0.05, 0.1) is 47.7 Å². The fourth-order valence-corrected chi connectivity index (χ4v) is 10.3. The molecular weight excluding hydrogens is 803 g/mol. The zero-order valence-corrected chi connectivity index (χ0v) is 34.9. The summed E-state index contributed by atoms with van der Waals surface area (Å²) in [6, 6.07) is 7.63. The molecule has 2 unspecified atom stereocenters. The van der Waals surface area contributed by atoms with Crippen LogP contribution in [0.2, 0.25) is 0 Å². The first-order chi connectivity index (χ1) is 30.0. The van der Waals surface area contributed by atoms with Gasteiger partial charge in [-0.15, -0.1) is 0 Å². The minimum Gasteiger partial charge on any atom is -0.391 e. The quantitative estimate of drug-likeness (QED) is 0.126. The summed E-state index contributed by atoms with van der Waals surface area (Å²) in [7, 11) is 1.76. The van der Waals surface area contributed by atoms with Gasteiger partial charge in [-0.2, -0.15) is 10.2 Å². The zero-order valence-electron chi connectivity index (χ0n) is 34.9. The normalized spacial score (nSPS) is 25.0. The second kappa shape index (κ2) is 17.8. The van der Waals surface area contributed by atoms with E-state index < -0.39 is 36.0 Å². The Bertz CT molecular complexity index is 2320. The molecule has 0 radical (unpaired) electrons. The molecular formula is C44H54F2N10O6. The first kappa shape index (κ1) is 42.0. The van der Waals surface area contributed by atoms with Crippen molar-refractivity contribution in [1.29, 1.82) is 0 Å². The number of aryl methyl sites for hydroxylation is 1. The molecule has 7 heterocycles. The van der Waals surface area contributed by atoms with E-state index in [-0.39, 0.29) is 47.5 Å². The smallest absolute Gasteiger partial charge is 0.284 e. The number of carbonyl (C=O) groups is 4. The van der Waals surface area contributed by atoms with Crippen LogP contribution in [0.15, 0.2) is 42.9 Å². The summed E-state index contributed by atoms with van der Waals surface area (Å²) >= 11 is 0. The predicted molar refractivity (Wildman–Crippen MR) is 224 cm³/mol. The molecule has 330 valence electrons. The number of aliphatic hydroxyl groups excluding tert-OH is 1. The van der Waals surface area contributed by atoms with Crippen LogP contribution in [-0.2, 0) is 25.5 Å². The van der Waals surface area contributed by atoms with Crippen LogP contribution in [0.1, 0.15) is 110 Å². The van der Waals surface area contributed by atoms with E-state index in [1.807, 2.05) is 23.1 Å². The van der Waals surface area contributed by atoms with Crippen LogP contribution in [0.25, 0.3) is 5.65 Å². The molecule has 0 bridgehead atoms. The van der Waals surface area contributed by atoms with E-state index in [2.05, 4.69) is 30.7 Å². The molecule has 4 aromatic rings. The number of likely N-dealkylation sites (tertiary alicyclic amines) is 1. The van der Waals surface area contributed by atoms with Crippen LogP contribution < -0.4 is 20.4 Å². The van der Waals surface area contributed by atoms with Crippen LogP contribution >= 0.6 is 0 Å². The third kappa shape index (κ3) is 8.56. The number of aliphatic hydroxyl groups is 1. The number of rotatable bonds is 13. The number of nitrogens with zero attached hydrogens (tertiary/aromatic N) is 8. The Balaban J connectivity index is 0.721. The Labute approximate surface area is 357 Å². The van der Waals surface area contributed by atoms with Crippen molar-refractivity contribution in [3.05, 3.63) is 65.2 Å². The number of hydrogen-bond donors (Lipinski definition) is 3. The topological polar surface area (TPSA) is 180 Å². The number of fused-ring (bicyclic) bond motifs is 2. The van der Waals surface area contributed by atoms with Gasteiger partial charge in [0.1, 0.15) is 11.4 Å². The molecule has 18 heteroatoms. The Hall–Kier alpha value is -5.33. The van der Waals surface area contributed by atoms with Gasteiger partial charge in [-0.3, -0.25) is 29.2 Å². The third-order valence-corrected chi connectivity index (χ3v) is 13.6. The summed E-state index contributed by atoms with van der Waals surface area (Å²) in [5.41, 5.74) is 2.75.